The van der Waals surface area contributed by atoms with Gasteiger partial charge in [-0.2, -0.15) is 5.26 Å². The van der Waals surface area contributed by atoms with E-state index in [1.807, 2.05) is 6.07 Å². The monoisotopic (exact) mass is 296 g/mol. The lowest BCUT2D eigenvalue weighted by atomic mass is 10.0. The van der Waals surface area contributed by atoms with Gasteiger partial charge in [-0.05, 0) is 19.9 Å². The summed E-state index contributed by atoms with van der Waals surface area (Å²) >= 11 is 5.99. The number of methoxy groups -OCH3 is 1. The summed E-state index contributed by atoms with van der Waals surface area (Å²) in [5.41, 5.74) is 1.01. The van der Waals surface area contributed by atoms with E-state index in [0.29, 0.717) is 17.3 Å². The molecule has 0 saturated carbocycles. The minimum Gasteiger partial charge on any atom is -0.378 e. The molecule has 0 aromatic carbocycles. The number of aryl methyl sites for hydroxylation is 1. The molecule has 1 saturated heterocycles. The zero-order valence-corrected chi connectivity index (χ0v) is 12.2. The number of nitrogens with one attached hydrogen (secondary N) is 3. The maximum absolute atomic E-state index is 12.3. The number of carbonyl (C=O) groups excluding carboxylic acids is 1. The number of H-pyrrole nitrogens is 1. The number of nitrogens with zero attached hydrogens (tertiary/aromatic N) is 1. The average molecular weight is 297 g/mol. The van der Waals surface area contributed by atoms with Crippen molar-refractivity contribution >= 4 is 17.5 Å². The summed E-state index contributed by atoms with van der Waals surface area (Å²) in [6.45, 7) is 3.24. The van der Waals surface area contributed by atoms with Gasteiger partial charge in [-0.3, -0.25) is 4.79 Å². The Morgan fingerprint density at radius 3 is 3.00 bits per heavy atom. The third kappa shape index (κ3) is 2.80. The number of rotatable bonds is 3. The summed E-state index contributed by atoms with van der Waals surface area (Å²) in [5, 5.41) is 15.5. The van der Waals surface area contributed by atoms with Crippen molar-refractivity contribution in [1.29, 1.82) is 5.26 Å². The van der Waals surface area contributed by atoms with E-state index < -0.39 is 0 Å². The van der Waals surface area contributed by atoms with Crippen molar-refractivity contribution in [1.82, 2.24) is 15.6 Å². The summed E-state index contributed by atoms with van der Waals surface area (Å²) in [6.07, 6.45) is 0.698. The van der Waals surface area contributed by atoms with Crippen LogP contribution in [0.2, 0.25) is 5.02 Å². The molecule has 108 valence electrons. The Morgan fingerprint density at radius 1 is 1.60 bits per heavy atom. The molecule has 2 atom stereocenters. The fraction of sp³-hybridized carbons (Fsp3) is 0.538. The van der Waals surface area contributed by atoms with Crippen LogP contribution in [0, 0.1) is 18.3 Å². The molecule has 0 bridgehead atoms. The van der Waals surface area contributed by atoms with Gasteiger partial charge < -0.3 is 20.4 Å². The minimum atomic E-state index is -0.328. The van der Waals surface area contributed by atoms with Gasteiger partial charge in [0.2, 0.25) is 0 Å². The van der Waals surface area contributed by atoms with Gasteiger partial charge in [0.25, 0.3) is 5.91 Å². The van der Waals surface area contributed by atoms with Crippen LogP contribution < -0.4 is 10.6 Å². The number of ether oxygens (including phenoxy) is 1. The molecule has 20 heavy (non-hydrogen) atoms. The Kier molecular flexibility index (Phi) is 4.65. The first-order chi connectivity index (χ1) is 9.58. The van der Waals surface area contributed by atoms with Crippen LogP contribution >= 0.6 is 11.6 Å². The van der Waals surface area contributed by atoms with E-state index in [9.17, 15) is 4.79 Å². The fourth-order valence-corrected chi connectivity index (χ4v) is 2.54. The number of nitriles is 1. The highest BCUT2D eigenvalue weighted by atomic mass is 35.5. The maximum atomic E-state index is 12.3. The van der Waals surface area contributed by atoms with Crippen molar-refractivity contribution in [3.05, 3.63) is 22.0 Å². The standard InChI is InChI=1S/C13H17ClN4O2/c1-7-11(14)8(5-15)12(17-7)13(19)18-9-3-4-16-6-10(9)20-2/h9-10,16-17H,3-4,6H2,1-2H3,(H,18,19)/t9-,10+/m1/s1. The molecule has 0 unspecified atom stereocenters. The number of halogens is 1. The van der Waals surface area contributed by atoms with E-state index in [1.54, 1.807) is 14.0 Å². The first-order valence-corrected chi connectivity index (χ1v) is 6.78. The summed E-state index contributed by atoms with van der Waals surface area (Å²) < 4.78 is 5.35. The van der Waals surface area contributed by atoms with Gasteiger partial charge in [-0.1, -0.05) is 11.6 Å². The molecule has 1 aromatic heterocycles. The molecule has 1 amide bonds. The molecule has 2 heterocycles. The normalized spacial score (nSPS) is 22.3. The van der Waals surface area contributed by atoms with Crippen molar-refractivity contribution in [3.8, 4) is 6.07 Å². The molecular weight excluding hydrogens is 280 g/mol. The Morgan fingerprint density at radius 2 is 2.35 bits per heavy atom. The van der Waals surface area contributed by atoms with Gasteiger partial charge in [0, 0.05) is 19.3 Å². The van der Waals surface area contributed by atoms with Crippen LogP contribution in [-0.2, 0) is 4.74 Å². The topological polar surface area (TPSA) is 89.9 Å². The Bertz CT molecular complexity index is 549. The molecule has 3 N–H and O–H groups in total. The second kappa shape index (κ2) is 6.27. The Hall–Kier alpha value is -1.55. The average Bonchev–Trinajstić information content (AvgIpc) is 2.75. The number of aromatic amines is 1. The Balaban J connectivity index is 2.16. The molecule has 0 radical (unpaired) electrons. The molecule has 6 nitrogen and oxygen atoms in total. The summed E-state index contributed by atoms with van der Waals surface area (Å²) in [6, 6.07) is 1.88. The van der Waals surface area contributed by atoms with Crippen LogP contribution in [0.1, 0.15) is 28.2 Å². The molecule has 1 aliphatic rings. The Labute approximate surface area is 122 Å². The second-order valence-electron chi connectivity index (χ2n) is 4.77. The number of aromatic nitrogens is 1. The summed E-state index contributed by atoms with van der Waals surface area (Å²) in [7, 11) is 1.62. The van der Waals surface area contributed by atoms with E-state index in [1.165, 1.54) is 0 Å². The molecule has 0 spiro atoms. The lowest BCUT2D eigenvalue weighted by Crippen LogP contribution is -2.53. The van der Waals surface area contributed by atoms with E-state index in [2.05, 4.69) is 15.6 Å². The minimum absolute atomic E-state index is 0.0789. The zero-order valence-electron chi connectivity index (χ0n) is 11.4. The largest absolute Gasteiger partial charge is 0.378 e. The molecule has 7 heteroatoms. The van der Waals surface area contributed by atoms with Crippen LogP contribution in [0.4, 0.5) is 0 Å². The maximum Gasteiger partial charge on any atom is 0.269 e. The van der Waals surface area contributed by atoms with E-state index >= 15 is 0 Å². The van der Waals surface area contributed by atoms with Crippen molar-refractivity contribution in [2.75, 3.05) is 20.2 Å². The number of piperidine rings is 1. The highest BCUT2D eigenvalue weighted by Gasteiger charge is 2.28. The number of hydrogen-bond donors (Lipinski definition) is 3. The van der Waals surface area contributed by atoms with E-state index in [0.717, 1.165) is 13.0 Å². The summed E-state index contributed by atoms with van der Waals surface area (Å²) in [5.74, 6) is -0.328. The first-order valence-electron chi connectivity index (χ1n) is 6.41. The number of carbonyl (C=O) groups is 1. The molecule has 1 fully saturated rings. The van der Waals surface area contributed by atoms with Crippen LogP contribution in [0.3, 0.4) is 0 Å². The van der Waals surface area contributed by atoms with Gasteiger partial charge in [0.05, 0.1) is 17.2 Å². The van der Waals surface area contributed by atoms with Gasteiger partial charge in [0.1, 0.15) is 17.3 Å². The summed E-state index contributed by atoms with van der Waals surface area (Å²) in [4.78, 5) is 15.2. The quantitative estimate of drug-likeness (QED) is 0.775. The lowest BCUT2D eigenvalue weighted by molar-refractivity contribution is 0.0475. The number of amides is 1. The smallest absolute Gasteiger partial charge is 0.269 e. The second-order valence-corrected chi connectivity index (χ2v) is 5.15. The lowest BCUT2D eigenvalue weighted by Gasteiger charge is -2.31. The van der Waals surface area contributed by atoms with Crippen molar-refractivity contribution in [2.45, 2.75) is 25.5 Å². The van der Waals surface area contributed by atoms with Gasteiger partial charge in [0.15, 0.2) is 0 Å². The van der Waals surface area contributed by atoms with Crippen molar-refractivity contribution in [3.63, 3.8) is 0 Å². The van der Waals surface area contributed by atoms with Crippen LogP contribution in [0.25, 0.3) is 0 Å². The van der Waals surface area contributed by atoms with Gasteiger partial charge in [-0.15, -0.1) is 0 Å². The van der Waals surface area contributed by atoms with Crippen molar-refractivity contribution < 1.29 is 9.53 Å². The van der Waals surface area contributed by atoms with E-state index in [-0.39, 0.29) is 29.3 Å². The molecule has 0 aliphatic carbocycles. The van der Waals surface area contributed by atoms with Gasteiger partial charge >= 0.3 is 0 Å². The predicted octanol–water partition coefficient (Wildman–Crippen LogP) is 0.955. The molecule has 2 rings (SSSR count). The molecule has 1 aliphatic heterocycles. The third-order valence-electron chi connectivity index (χ3n) is 3.50. The zero-order chi connectivity index (χ0) is 14.7. The molecular formula is C13H17ClN4O2. The SMILES string of the molecule is CO[C@H]1CNCC[C@H]1NC(=O)c1[nH]c(C)c(Cl)c1C#N. The van der Waals surface area contributed by atoms with E-state index in [4.69, 9.17) is 21.6 Å². The highest BCUT2D eigenvalue weighted by molar-refractivity contribution is 6.33. The van der Waals surface area contributed by atoms with Gasteiger partial charge in [-0.25, -0.2) is 0 Å². The number of hydrogen-bond acceptors (Lipinski definition) is 4. The van der Waals surface area contributed by atoms with Crippen LogP contribution in [0.5, 0.6) is 0 Å². The van der Waals surface area contributed by atoms with Crippen LogP contribution in [-0.4, -0.2) is 43.2 Å². The van der Waals surface area contributed by atoms with Crippen LogP contribution in [0.15, 0.2) is 0 Å². The van der Waals surface area contributed by atoms with Crippen molar-refractivity contribution in [2.24, 2.45) is 0 Å². The molecule has 1 aromatic rings. The fourth-order valence-electron chi connectivity index (χ4n) is 2.36. The highest BCUT2D eigenvalue weighted by Crippen LogP contribution is 2.23. The third-order valence-corrected chi connectivity index (χ3v) is 3.97. The first kappa shape index (κ1) is 14.9. The predicted molar refractivity (Wildman–Crippen MR) is 74.8 cm³/mol.